The molecule has 0 heterocycles. The van der Waals surface area contributed by atoms with Crippen molar-refractivity contribution in [1.29, 1.82) is 0 Å². The second kappa shape index (κ2) is 6.85. The summed E-state index contributed by atoms with van der Waals surface area (Å²) in [7, 11) is 0. The minimum absolute atomic E-state index is 0.0962. The van der Waals surface area contributed by atoms with Crippen LogP contribution in [0.15, 0.2) is 22.7 Å². The molecule has 1 aliphatic carbocycles. The summed E-state index contributed by atoms with van der Waals surface area (Å²) in [6.07, 6.45) is 5.18. The van der Waals surface area contributed by atoms with E-state index in [0.29, 0.717) is 12.0 Å². The lowest BCUT2D eigenvalue weighted by Gasteiger charge is -2.30. The molecule has 0 unspecified atom stereocenters. The summed E-state index contributed by atoms with van der Waals surface area (Å²) in [5.74, 6) is 0.528. The zero-order valence-corrected chi connectivity index (χ0v) is 13.4. The third kappa shape index (κ3) is 4.28. The smallest absolute Gasteiger partial charge is 0.128 e. The highest BCUT2D eigenvalue weighted by atomic mass is 79.9. The van der Waals surface area contributed by atoms with Crippen LogP contribution in [0, 0.1) is 11.7 Å². The van der Waals surface area contributed by atoms with Crippen LogP contribution in [0.5, 0.6) is 0 Å². The van der Waals surface area contributed by atoms with Crippen molar-refractivity contribution in [2.24, 2.45) is 5.92 Å². The highest BCUT2D eigenvalue weighted by Gasteiger charge is 2.23. The van der Waals surface area contributed by atoms with Gasteiger partial charge < -0.3 is 0 Å². The van der Waals surface area contributed by atoms with Crippen LogP contribution in [-0.4, -0.2) is 17.5 Å². The summed E-state index contributed by atoms with van der Waals surface area (Å²) in [4.78, 5) is 2.48. The van der Waals surface area contributed by atoms with Gasteiger partial charge in [0.2, 0.25) is 0 Å². The predicted molar refractivity (Wildman–Crippen MR) is 81.6 cm³/mol. The second-order valence-corrected chi connectivity index (χ2v) is 6.91. The van der Waals surface area contributed by atoms with Gasteiger partial charge in [-0.2, -0.15) is 0 Å². The minimum Gasteiger partial charge on any atom is -0.296 e. The third-order valence-electron chi connectivity index (χ3n) is 3.83. The van der Waals surface area contributed by atoms with E-state index in [-0.39, 0.29) is 5.82 Å². The van der Waals surface area contributed by atoms with Gasteiger partial charge in [-0.15, -0.1) is 0 Å². The summed E-state index contributed by atoms with van der Waals surface area (Å²) in [5.41, 5.74) is 0.816. The van der Waals surface area contributed by atoms with Gasteiger partial charge in [-0.1, -0.05) is 48.7 Å². The average Bonchev–Trinajstić information content (AvgIpc) is 2.84. The van der Waals surface area contributed by atoms with Gasteiger partial charge >= 0.3 is 0 Å². The summed E-state index contributed by atoms with van der Waals surface area (Å²) in [6, 6.07) is 6.05. The molecule has 1 aliphatic rings. The number of halogens is 2. The van der Waals surface area contributed by atoms with Gasteiger partial charge in [-0.25, -0.2) is 4.39 Å². The van der Waals surface area contributed by atoms with Crippen LogP contribution in [0.25, 0.3) is 0 Å². The van der Waals surface area contributed by atoms with E-state index in [9.17, 15) is 4.39 Å². The summed E-state index contributed by atoms with van der Waals surface area (Å²) in [6.45, 7) is 6.27. The van der Waals surface area contributed by atoms with Crippen molar-refractivity contribution in [3.63, 3.8) is 0 Å². The van der Waals surface area contributed by atoms with E-state index in [1.807, 2.05) is 12.1 Å². The van der Waals surface area contributed by atoms with Crippen molar-refractivity contribution in [3.05, 3.63) is 34.1 Å². The molecule has 1 saturated carbocycles. The molecule has 106 valence electrons. The third-order valence-corrected chi connectivity index (χ3v) is 4.32. The Bertz CT molecular complexity index is 413. The highest BCUT2D eigenvalue weighted by molar-refractivity contribution is 9.10. The summed E-state index contributed by atoms with van der Waals surface area (Å²) < 4.78 is 14.8. The fourth-order valence-electron chi connectivity index (χ4n) is 2.95. The van der Waals surface area contributed by atoms with E-state index in [1.165, 1.54) is 25.7 Å². The molecular weight excluding hydrogens is 305 g/mol. The number of nitrogens with zero attached hydrogens (tertiary/aromatic N) is 1. The number of hydrogen-bond acceptors (Lipinski definition) is 1. The second-order valence-electron chi connectivity index (χ2n) is 6.00. The Morgan fingerprint density at radius 2 is 2.00 bits per heavy atom. The highest BCUT2D eigenvalue weighted by Crippen LogP contribution is 2.26. The average molecular weight is 328 g/mol. The van der Waals surface area contributed by atoms with E-state index in [0.717, 1.165) is 23.1 Å². The fraction of sp³-hybridized carbons (Fsp3) is 0.625. The van der Waals surface area contributed by atoms with Gasteiger partial charge in [-0.05, 0) is 30.9 Å². The van der Waals surface area contributed by atoms with Gasteiger partial charge in [0.05, 0.1) is 0 Å². The molecular formula is C16H23BrFN. The van der Waals surface area contributed by atoms with Gasteiger partial charge in [0.15, 0.2) is 0 Å². The molecule has 0 N–H and O–H groups in total. The van der Waals surface area contributed by atoms with Crippen molar-refractivity contribution in [3.8, 4) is 0 Å². The quantitative estimate of drug-likeness (QED) is 0.736. The van der Waals surface area contributed by atoms with Gasteiger partial charge in [0.25, 0.3) is 0 Å². The van der Waals surface area contributed by atoms with Crippen LogP contribution >= 0.6 is 15.9 Å². The predicted octanol–water partition coefficient (Wildman–Crippen LogP) is 4.99. The van der Waals surface area contributed by atoms with Crippen molar-refractivity contribution in [2.45, 2.75) is 52.1 Å². The molecule has 1 aromatic rings. The van der Waals surface area contributed by atoms with Crippen LogP contribution < -0.4 is 0 Å². The minimum atomic E-state index is -0.0962. The maximum Gasteiger partial charge on any atom is 0.128 e. The number of rotatable bonds is 5. The fourth-order valence-corrected chi connectivity index (χ4v) is 3.28. The first kappa shape index (κ1) is 15.0. The van der Waals surface area contributed by atoms with E-state index in [1.54, 1.807) is 6.07 Å². The molecule has 3 heteroatoms. The van der Waals surface area contributed by atoms with Crippen molar-refractivity contribution < 1.29 is 4.39 Å². The molecule has 0 amide bonds. The topological polar surface area (TPSA) is 3.24 Å². The molecule has 0 aliphatic heterocycles. The van der Waals surface area contributed by atoms with Crippen LogP contribution in [-0.2, 0) is 6.54 Å². The maximum atomic E-state index is 14.0. The number of hydrogen-bond donors (Lipinski definition) is 0. The van der Waals surface area contributed by atoms with Crippen LogP contribution in [0.1, 0.15) is 45.1 Å². The normalized spacial score (nSPS) is 16.7. The van der Waals surface area contributed by atoms with E-state index in [2.05, 4.69) is 34.7 Å². The Balaban J connectivity index is 2.09. The lowest BCUT2D eigenvalue weighted by Crippen LogP contribution is -2.35. The molecule has 1 fully saturated rings. The lowest BCUT2D eigenvalue weighted by atomic mass is 10.1. The molecule has 0 bridgehead atoms. The van der Waals surface area contributed by atoms with Crippen molar-refractivity contribution >= 4 is 15.9 Å². The molecule has 2 rings (SSSR count). The zero-order chi connectivity index (χ0) is 13.8. The molecule has 1 nitrogen and oxygen atoms in total. The first-order valence-corrected chi connectivity index (χ1v) is 8.03. The standard InChI is InChI=1S/C16H23BrFN/c1-12(2)10-19(15-5-3-4-6-15)11-13-7-8-14(17)9-16(13)18/h7-9,12,15H,3-6,10-11H2,1-2H3. The molecule has 0 aromatic heterocycles. The molecule has 1 aromatic carbocycles. The summed E-state index contributed by atoms with van der Waals surface area (Å²) >= 11 is 3.32. The summed E-state index contributed by atoms with van der Waals surface area (Å²) in [5, 5.41) is 0. The Morgan fingerprint density at radius 1 is 1.32 bits per heavy atom. The maximum absolute atomic E-state index is 14.0. The van der Waals surface area contributed by atoms with Crippen LogP contribution in [0.4, 0.5) is 4.39 Å². The lowest BCUT2D eigenvalue weighted by molar-refractivity contribution is 0.166. The molecule has 0 saturated heterocycles. The van der Waals surface area contributed by atoms with Crippen LogP contribution in [0.2, 0.25) is 0 Å². The van der Waals surface area contributed by atoms with Crippen molar-refractivity contribution in [1.82, 2.24) is 4.90 Å². The molecule has 0 spiro atoms. The van der Waals surface area contributed by atoms with Crippen molar-refractivity contribution in [2.75, 3.05) is 6.54 Å². The number of benzene rings is 1. The van der Waals surface area contributed by atoms with Gasteiger partial charge in [-0.3, -0.25) is 4.90 Å². The van der Waals surface area contributed by atoms with Crippen LogP contribution in [0.3, 0.4) is 0 Å². The Morgan fingerprint density at radius 3 is 2.58 bits per heavy atom. The zero-order valence-electron chi connectivity index (χ0n) is 11.8. The SMILES string of the molecule is CC(C)CN(Cc1ccc(Br)cc1F)C1CCCC1. The monoisotopic (exact) mass is 327 g/mol. The Kier molecular flexibility index (Phi) is 5.40. The largest absolute Gasteiger partial charge is 0.296 e. The molecule has 0 radical (unpaired) electrons. The van der Waals surface area contributed by atoms with E-state index in [4.69, 9.17) is 0 Å². The van der Waals surface area contributed by atoms with Gasteiger partial charge in [0, 0.05) is 29.2 Å². The van der Waals surface area contributed by atoms with E-state index >= 15 is 0 Å². The Labute approximate surface area is 124 Å². The first-order valence-electron chi connectivity index (χ1n) is 7.24. The molecule has 0 atom stereocenters. The van der Waals surface area contributed by atoms with Gasteiger partial charge in [0.1, 0.15) is 5.82 Å². The Hall–Kier alpha value is -0.410. The van der Waals surface area contributed by atoms with E-state index < -0.39 is 0 Å². The molecule has 19 heavy (non-hydrogen) atoms. The first-order chi connectivity index (χ1) is 9.06.